The van der Waals surface area contributed by atoms with E-state index in [0.717, 1.165) is 0 Å². The van der Waals surface area contributed by atoms with E-state index in [0.29, 0.717) is 11.1 Å². The Kier molecular flexibility index (Phi) is 2.15. The molecule has 4 heteroatoms. The van der Waals surface area contributed by atoms with E-state index < -0.39 is 6.10 Å². The number of phenolic OH excluding ortho intramolecular Hbond substituents is 1. The Morgan fingerprint density at radius 2 is 1.83 bits per heavy atom. The largest absolute Gasteiger partial charge is 0.508 e. The number of aromatic hydroxyl groups is 1. The van der Waals surface area contributed by atoms with Crippen molar-refractivity contribution in [3.8, 4) is 5.75 Å². The minimum Gasteiger partial charge on any atom is -0.508 e. The molecule has 2 aromatic carbocycles. The molecule has 0 heterocycles. The molecule has 0 aliphatic heterocycles. The number of aliphatic hydroxyl groups is 1. The molecular weight excluding hydrogens is 230 g/mol. The van der Waals surface area contributed by atoms with Crippen molar-refractivity contribution < 1.29 is 15.0 Å². The molecule has 1 aliphatic rings. The van der Waals surface area contributed by atoms with Gasteiger partial charge in [-0.1, -0.05) is 24.3 Å². The fourth-order valence-electron chi connectivity index (χ4n) is 2.39. The SMILES string of the molecule is Nc1ccc(O)c2c1C(=O)c1ccccc1[C@@H]2O. The number of hydrogen-bond donors (Lipinski definition) is 3. The molecule has 3 rings (SSSR count). The monoisotopic (exact) mass is 241 g/mol. The van der Waals surface area contributed by atoms with Gasteiger partial charge in [0.25, 0.3) is 0 Å². The van der Waals surface area contributed by atoms with Crippen LogP contribution in [0.1, 0.15) is 33.2 Å². The Hall–Kier alpha value is -2.33. The number of ketones is 1. The van der Waals surface area contributed by atoms with E-state index in [1.54, 1.807) is 24.3 Å². The summed E-state index contributed by atoms with van der Waals surface area (Å²) in [5, 5.41) is 20.1. The molecule has 0 fully saturated rings. The molecule has 18 heavy (non-hydrogen) atoms. The summed E-state index contributed by atoms with van der Waals surface area (Å²) in [6.07, 6.45) is -1.03. The van der Waals surface area contributed by atoms with Gasteiger partial charge in [0.2, 0.25) is 0 Å². The number of phenols is 1. The summed E-state index contributed by atoms with van der Waals surface area (Å²) in [4.78, 5) is 12.3. The maximum absolute atomic E-state index is 12.3. The second kappa shape index (κ2) is 3.58. The average molecular weight is 241 g/mol. The number of aliphatic hydroxyl groups excluding tert-OH is 1. The zero-order valence-electron chi connectivity index (χ0n) is 9.42. The lowest BCUT2D eigenvalue weighted by molar-refractivity contribution is 0.101. The molecule has 0 spiro atoms. The standard InChI is InChI=1S/C14H11NO3/c15-9-5-6-10(16)12-11(9)13(17)7-3-1-2-4-8(7)14(12)18/h1-6,14,16,18H,15H2/t14-/m0/s1. The predicted octanol–water partition coefficient (Wildman–Crippen LogP) is 1.60. The Bertz CT molecular complexity index is 664. The first kappa shape index (κ1) is 10.8. The van der Waals surface area contributed by atoms with Gasteiger partial charge >= 0.3 is 0 Å². The lowest BCUT2D eigenvalue weighted by Crippen LogP contribution is -2.21. The van der Waals surface area contributed by atoms with E-state index in [1.165, 1.54) is 12.1 Å². The molecule has 2 aromatic rings. The van der Waals surface area contributed by atoms with Crippen molar-refractivity contribution in [2.75, 3.05) is 5.73 Å². The van der Waals surface area contributed by atoms with Crippen LogP contribution in [0.15, 0.2) is 36.4 Å². The number of nitrogens with two attached hydrogens (primary N) is 1. The van der Waals surface area contributed by atoms with Crippen LogP contribution in [0.3, 0.4) is 0 Å². The topological polar surface area (TPSA) is 83.5 Å². The second-order valence-electron chi connectivity index (χ2n) is 4.28. The molecule has 0 radical (unpaired) electrons. The lowest BCUT2D eigenvalue weighted by atomic mass is 9.82. The van der Waals surface area contributed by atoms with E-state index in [9.17, 15) is 15.0 Å². The highest BCUT2D eigenvalue weighted by Gasteiger charge is 2.33. The second-order valence-corrected chi connectivity index (χ2v) is 4.28. The fraction of sp³-hybridized carbons (Fsp3) is 0.0714. The minimum absolute atomic E-state index is 0.116. The summed E-state index contributed by atoms with van der Waals surface area (Å²) >= 11 is 0. The summed E-state index contributed by atoms with van der Waals surface area (Å²) in [7, 11) is 0. The molecule has 1 atom stereocenters. The highest BCUT2D eigenvalue weighted by molar-refractivity contribution is 6.16. The Labute approximate surface area is 103 Å². The first-order chi connectivity index (χ1) is 8.61. The van der Waals surface area contributed by atoms with Gasteiger partial charge in [0.15, 0.2) is 5.78 Å². The van der Waals surface area contributed by atoms with Crippen LogP contribution < -0.4 is 5.73 Å². The van der Waals surface area contributed by atoms with E-state index >= 15 is 0 Å². The van der Waals surface area contributed by atoms with Crippen molar-refractivity contribution in [1.29, 1.82) is 0 Å². The summed E-state index contributed by atoms with van der Waals surface area (Å²) in [5.74, 6) is -0.381. The summed E-state index contributed by atoms with van der Waals surface area (Å²) in [6.45, 7) is 0. The highest BCUT2D eigenvalue weighted by Crippen LogP contribution is 2.41. The molecule has 4 N–H and O–H groups in total. The molecule has 4 nitrogen and oxygen atoms in total. The molecule has 0 saturated heterocycles. The van der Waals surface area contributed by atoms with Crippen molar-refractivity contribution in [3.63, 3.8) is 0 Å². The Balaban J connectivity index is 2.37. The Morgan fingerprint density at radius 1 is 1.11 bits per heavy atom. The summed E-state index contributed by atoms with van der Waals surface area (Å²) in [5.41, 5.74) is 7.35. The van der Waals surface area contributed by atoms with Gasteiger partial charge in [-0.25, -0.2) is 0 Å². The number of carbonyl (C=O) groups is 1. The summed E-state index contributed by atoms with van der Waals surface area (Å²) in [6, 6.07) is 9.64. The number of hydrogen-bond acceptors (Lipinski definition) is 4. The smallest absolute Gasteiger partial charge is 0.196 e. The molecule has 0 aromatic heterocycles. The van der Waals surface area contributed by atoms with Crippen LogP contribution in [0.5, 0.6) is 5.75 Å². The van der Waals surface area contributed by atoms with Crippen LogP contribution in [-0.4, -0.2) is 16.0 Å². The molecule has 90 valence electrons. The molecule has 0 unspecified atom stereocenters. The molecule has 0 saturated carbocycles. The van der Waals surface area contributed by atoms with Gasteiger partial charge in [-0.15, -0.1) is 0 Å². The van der Waals surface area contributed by atoms with Crippen molar-refractivity contribution in [2.45, 2.75) is 6.10 Å². The quantitative estimate of drug-likeness (QED) is 0.483. The third-order valence-corrected chi connectivity index (χ3v) is 3.26. The van der Waals surface area contributed by atoms with Gasteiger partial charge in [0.1, 0.15) is 11.9 Å². The fourth-order valence-corrected chi connectivity index (χ4v) is 2.39. The lowest BCUT2D eigenvalue weighted by Gasteiger charge is -2.25. The maximum atomic E-state index is 12.3. The first-order valence-corrected chi connectivity index (χ1v) is 5.54. The van der Waals surface area contributed by atoms with Crippen molar-refractivity contribution in [2.24, 2.45) is 0 Å². The van der Waals surface area contributed by atoms with E-state index in [1.807, 2.05) is 0 Å². The number of nitrogen functional groups attached to an aromatic ring is 1. The predicted molar refractivity (Wildman–Crippen MR) is 66.5 cm³/mol. The van der Waals surface area contributed by atoms with Crippen LogP contribution in [0, 0.1) is 0 Å². The van der Waals surface area contributed by atoms with Gasteiger partial charge in [0, 0.05) is 16.8 Å². The number of fused-ring (bicyclic) bond motifs is 2. The van der Waals surface area contributed by atoms with E-state index in [4.69, 9.17) is 5.73 Å². The zero-order valence-corrected chi connectivity index (χ0v) is 9.42. The van der Waals surface area contributed by atoms with Crippen LogP contribution in [0.25, 0.3) is 0 Å². The van der Waals surface area contributed by atoms with Crippen LogP contribution in [0.2, 0.25) is 0 Å². The van der Waals surface area contributed by atoms with Gasteiger partial charge in [-0.3, -0.25) is 4.79 Å². The van der Waals surface area contributed by atoms with Crippen molar-refractivity contribution in [3.05, 3.63) is 58.7 Å². The van der Waals surface area contributed by atoms with E-state index in [-0.39, 0.29) is 28.3 Å². The molecular formula is C14H11NO3. The first-order valence-electron chi connectivity index (χ1n) is 5.54. The van der Waals surface area contributed by atoms with Crippen LogP contribution in [0.4, 0.5) is 5.69 Å². The third-order valence-electron chi connectivity index (χ3n) is 3.26. The minimum atomic E-state index is -1.03. The van der Waals surface area contributed by atoms with Crippen molar-refractivity contribution in [1.82, 2.24) is 0 Å². The van der Waals surface area contributed by atoms with Crippen LogP contribution >= 0.6 is 0 Å². The highest BCUT2D eigenvalue weighted by atomic mass is 16.3. The molecule has 0 amide bonds. The number of anilines is 1. The van der Waals surface area contributed by atoms with Crippen LogP contribution in [-0.2, 0) is 0 Å². The summed E-state index contributed by atoms with van der Waals surface area (Å²) < 4.78 is 0. The number of benzene rings is 2. The van der Waals surface area contributed by atoms with Gasteiger partial charge in [-0.05, 0) is 17.7 Å². The van der Waals surface area contributed by atoms with E-state index in [2.05, 4.69) is 0 Å². The zero-order chi connectivity index (χ0) is 12.9. The van der Waals surface area contributed by atoms with Crippen molar-refractivity contribution >= 4 is 11.5 Å². The average Bonchev–Trinajstić information content (AvgIpc) is 2.38. The van der Waals surface area contributed by atoms with Gasteiger partial charge in [-0.2, -0.15) is 0 Å². The maximum Gasteiger partial charge on any atom is 0.196 e. The molecule has 0 bridgehead atoms. The Morgan fingerprint density at radius 3 is 2.61 bits per heavy atom. The number of rotatable bonds is 0. The van der Waals surface area contributed by atoms with Gasteiger partial charge in [0.05, 0.1) is 5.56 Å². The normalized spacial score (nSPS) is 17.2. The molecule has 1 aliphatic carbocycles. The van der Waals surface area contributed by atoms with Gasteiger partial charge < -0.3 is 15.9 Å². The third kappa shape index (κ3) is 1.26. The number of carbonyl (C=O) groups excluding carboxylic acids is 1.